The monoisotopic (exact) mass is 311 g/mol. The Balaban J connectivity index is 2.01. The van der Waals surface area contributed by atoms with Crippen LogP contribution in [-0.4, -0.2) is 12.5 Å². The Morgan fingerprint density at radius 3 is 2.30 bits per heavy atom. The van der Waals surface area contributed by atoms with Crippen molar-refractivity contribution in [3.8, 4) is 0 Å². The predicted molar refractivity (Wildman–Crippen MR) is 79.1 cm³/mol. The van der Waals surface area contributed by atoms with E-state index in [-0.39, 0.29) is 6.54 Å². The Hall–Kier alpha value is -1.58. The van der Waals surface area contributed by atoms with Crippen LogP contribution in [0.15, 0.2) is 48.5 Å². The topological polar surface area (TPSA) is 29.1 Å². The molecule has 20 heavy (non-hydrogen) atoms. The number of carbonyl (C=O) groups excluding carboxylic acids is 1. The van der Waals surface area contributed by atoms with Crippen molar-refractivity contribution in [1.82, 2.24) is 5.32 Å². The summed E-state index contributed by atoms with van der Waals surface area (Å²) in [5, 5.41) is 3.18. The van der Waals surface area contributed by atoms with Crippen LogP contribution in [-0.2, 0) is 0 Å². The molecule has 0 aromatic heterocycles. The van der Waals surface area contributed by atoms with Gasteiger partial charge < -0.3 is 5.32 Å². The zero-order valence-corrected chi connectivity index (χ0v) is 12.0. The summed E-state index contributed by atoms with van der Waals surface area (Å²) in [5.41, 5.74) is 0.675. The number of rotatable bonds is 4. The number of nitrogens with one attached hydrogen (secondary N) is 1. The lowest BCUT2D eigenvalue weighted by Gasteiger charge is -2.12. The fourth-order valence-electron chi connectivity index (χ4n) is 1.76. The van der Waals surface area contributed by atoms with E-state index in [4.69, 9.17) is 23.2 Å². The first-order chi connectivity index (χ1) is 9.59. The highest BCUT2D eigenvalue weighted by molar-refractivity contribution is 6.33. The van der Waals surface area contributed by atoms with Crippen LogP contribution in [0.5, 0.6) is 0 Å². The SMILES string of the molecule is O=C(NC[C@@H](F)c1ccccc1Cl)c1ccccc1Cl. The molecule has 1 amide bonds. The molecule has 2 aromatic carbocycles. The first kappa shape index (κ1) is 14.8. The van der Waals surface area contributed by atoms with Gasteiger partial charge in [0.15, 0.2) is 0 Å². The summed E-state index contributed by atoms with van der Waals surface area (Å²) < 4.78 is 14.0. The molecule has 0 aliphatic rings. The normalized spacial score (nSPS) is 11.9. The third kappa shape index (κ3) is 3.50. The van der Waals surface area contributed by atoms with Gasteiger partial charge in [0.05, 0.1) is 17.1 Å². The third-order valence-corrected chi connectivity index (χ3v) is 3.48. The molecule has 0 aliphatic heterocycles. The van der Waals surface area contributed by atoms with E-state index in [0.29, 0.717) is 21.2 Å². The van der Waals surface area contributed by atoms with Crippen LogP contribution < -0.4 is 5.32 Å². The highest BCUT2D eigenvalue weighted by Gasteiger charge is 2.16. The van der Waals surface area contributed by atoms with Gasteiger partial charge in [-0.3, -0.25) is 4.79 Å². The van der Waals surface area contributed by atoms with Gasteiger partial charge in [0.2, 0.25) is 0 Å². The van der Waals surface area contributed by atoms with E-state index in [1.807, 2.05) is 0 Å². The largest absolute Gasteiger partial charge is 0.349 e. The maximum absolute atomic E-state index is 14.0. The number of hydrogen-bond donors (Lipinski definition) is 1. The van der Waals surface area contributed by atoms with Crippen LogP contribution in [0, 0.1) is 0 Å². The Kier molecular flexibility index (Phi) is 4.99. The van der Waals surface area contributed by atoms with Crippen molar-refractivity contribution in [3.05, 3.63) is 69.7 Å². The van der Waals surface area contributed by atoms with Gasteiger partial charge in [-0.05, 0) is 18.2 Å². The molecule has 2 aromatic rings. The van der Waals surface area contributed by atoms with Crippen molar-refractivity contribution in [1.29, 1.82) is 0 Å². The molecule has 5 heteroatoms. The summed E-state index contributed by atoms with van der Waals surface area (Å²) >= 11 is 11.8. The molecule has 2 nitrogen and oxygen atoms in total. The summed E-state index contributed by atoms with van der Waals surface area (Å²) in [4.78, 5) is 11.9. The minimum atomic E-state index is -1.37. The average molecular weight is 312 g/mol. The predicted octanol–water partition coefficient (Wildman–Crippen LogP) is 4.43. The minimum Gasteiger partial charge on any atom is -0.349 e. The van der Waals surface area contributed by atoms with E-state index in [0.717, 1.165) is 0 Å². The van der Waals surface area contributed by atoms with Gasteiger partial charge in [0.25, 0.3) is 5.91 Å². The second kappa shape index (κ2) is 6.73. The third-order valence-electron chi connectivity index (χ3n) is 2.80. The highest BCUT2D eigenvalue weighted by Crippen LogP contribution is 2.25. The second-order valence-corrected chi connectivity index (χ2v) is 4.99. The zero-order chi connectivity index (χ0) is 14.5. The number of benzene rings is 2. The number of halogens is 3. The molecule has 2 rings (SSSR count). The molecule has 1 atom stereocenters. The molecule has 0 fully saturated rings. The average Bonchev–Trinajstić information content (AvgIpc) is 2.45. The van der Waals surface area contributed by atoms with Crippen molar-refractivity contribution in [2.24, 2.45) is 0 Å². The zero-order valence-electron chi connectivity index (χ0n) is 10.4. The molecule has 0 unspecified atom stereocenters. The molecule has 104 valence electrons. The number of hydrogen-bond acceptors (Lipinski definition) is 1. The Morgan fingerprint density at radius 2 is 1.65 bits per heavy atom. The van der Waals surface area contributed by atoms with Crippen molar-refractivity contribution >= 4 is 29.1 Å². The molecule has 0 spiro atoms. The van der Waals surface area contributed by atoms with Gasteiger partial charge in [-0.25, -0.2) is 4.39 Å². The lowest BCUT2D eigenvalue weighted by molar-refractivity contribution is 0.0942. The molecular formula is C15H12Cl2FNO. The van der Waals surface area contributed by atoms with Crippen LogP contribution in [0.2, 0.25) is 10.0 Å². The Labute approximate surface area is 126 Å². The quantitative estimate of drug-likeness (QED) is 0.889. The van der Waals surface area contributed by atoms with Crippen LogP contribution in [0.1, 0.15) is 22.1 Å². The fraction of sp³-hybridized carbons (Fsp3) is 0.133. The van der Waals surface area contributed by atoms with E-state index in [1.165, 1.54) is 0 Å². The molecule has 0 bridgehead atoms. The molecule has 0 radical (unpaired) electrons. The van der Waals surface area contributed by atoms with Crippen LogP contribution >= 0.6 is 23.2 Å². The second-order valence-electron chi connectivity index (χ2n) is 4.18. The molecule has 0 heterocycles. The van der Waals surface area contributed by atoms with E-state index in [9.17, 15) is 9.18 Å². The van der Waals surface area contributed by atoms with Gasteiger partial charge in [0.1, 0.15) is 6.17 Å². The van der Waals surface area contributed by atoms with E-state index in [2.05, 4.69) is 5.32 Å². The van der Waals surface area contributed by atoms with Gasteiger partial charge in [-0.1, -0.05) is 53.5 Å². The lowest BCUT2D eigenvalue weighted by Crippen LogP contribution is -2.27. The summed E-state index contributed by atoms with van der Waals surface area (Å²) in [6, 6.07) is 13.2. The van der Waals surface area contributed by atoms with Crippen LogP contribution in [0.4, 0.5) is 4.39 Å². The summed E-state index contributed by atoms with van der Waals surface area (Å²) in [6.45, 7) is -0.159. The molecule has 0 saturated heterocycles. The van der Waals surface area contributed by atoms with E-state index in [1.54, 1.807) is 48.5 Å². The molecular weight excluding hydrogens is 300 g/mol. The smallest absolute Gasteiger partial charge is 0.252 e. The first-order valence-electron chi connectivity index (χ1n) is 6.01. The van der Waals surface area contributed by atoms with Crippen molar-refractivity contribution < 1.29 is 9.18 Å². The first-order valence-corrected chi connectivity index (χ1v) is 6.76. The Morgan fingerprint density at radius 1 is 1.05 bits per heavy atom. The minimum absolute atomic E-state index is 0.159. The fourth-order valence-corrected chi connectivity index (χ4v) is 2.24. The van der Waals surface area contributed by atoms with Crippen molar-refractivity contribution in [3.63, 3.8) is 0 Å². The molecule has 1 N–H and O–H groups in total. The maximum Gasteiger partial charge on any atom is 0.252 e. The lowest BCUT2D eigenvalue weighted by atomic mass is 10.1. The summed E-state index contributed by atoms with van der Waals surface area (Å²) in [6.07, 6.45) is -1.37. The molecule has 0 saturated carbocycles. The standard InChI is InChI=1S/C15H12Cl2FNO/c16-12-7-3-1-5-10(12)14(18)9-19-15(20)11-6-2-4-8-13(11)17/h1-8,14H,9H2,(H,19,20)/t14-/m1/s1. The maximum atomic E-state index is 14.0. The van der Waals surface area contributed by atoms with Gasteiger partial charge in [0, 0.05) is 10.6 Å². The van der Waals surface area contributed by atoms with E-state index >= 15 is 0 Å². The summed E-state index contributed by atoms with van der Waals surface area (Å²) in [7, 11) is 0. The Bertz CT molecular complexity index is 618. The van der Waals surface area contributed by atoms with Crippen LogP contribution in [0.3, 0.4) is 0 Å². The number of carbonyl (C=O) groups is 1. The highest BCUT2D eigenvalue weighted by atomic mass is 35.5. The van der Waals surface area contributed by atoms with E-state index < -0.39 is 12.1 Å². The summed E-state index contributed by atoms with van der Waals surface area (Å²) in [5.74, 6) is -0.412. The van der Waals surface area contributed by atoms with Gasteiger partial charge in [-0.2, -0.15) is 0 Å². The van der Waals surface area contributed by atoms with Crippen molar-refractivity contribution in [2.75, 3.05) is 6.54 Å². The number of amides is 1. The van der Waals surface area contributed by atoms with Crippen molar-refractivity contribution in [2.45, 2.75) is 6.17 Å². The van der Waals surface area contributed by atoms with Gasteiger partial charge >= 0.3 is 0 Å². The van der Waals surface area contributed by atoms with Gasteiger partial charge in [-0.15, -0.1) is 0 Å². The molecule has 0 aliphatic carbocycles. The number of alkyl halides is 1. The van der Waals surface area contributed by atoms with Crippen LogP contribution in [0.25, 0.3) is 0 Å².